The van der Waals surface area contributed by atoms with Crippen molar-refractivity contribution >= 4 is 17.4 Å². The number of amides is 1. The van der Waals surface area contributed by atoms with Crippen molar-refractivity contribution in [2.75, 3.05) is 31.1 Å². The average molecular weight is 436 g/mol. The van der Waals surface area contributed by atoms with Crippen LogP contribution in [0.15, 0.2) is 12.3 Å². The van der Waals surface area contributed by atoms with Gasteiger partial charge >= 0.3 is 6.18 Å². The predicted molar refractivity (Wildman–Crippen MR) is 109 cm³/mol. The fraction of sp³-hybridized carbons (Fsp3) is 0.667. The molecule has 0 aromatic carbocycles. The van der Waals surface area contributed by atoms with E-state index in [-0.39, 0.29) is 30.7 Å². The third kappa shape index (κ3) is 3.97. The molecule has 0 spiro atoms. The molecule has 1 aliphatic carbocycles. The second-order valence-corrected chi connectivity index (χ2v) is 8.91. The van der Waals surface area contributed by atoms with Crippen LogP contribution >= 0.6 is 0 Å². The molecule has 168 valence electrons. The highest BCUT2D eigenvalue weighted by Gasteiger charge is 2.42. The van der Waals surface area contributed by atoms with Gasteiger partial charge in [0.05, 0.1) is 23.7 Å². The largest absolute Gasteiger partial charge is 0.391 e. The van der Waals surface area contributed by atoms with Crippen LogP contribution in [0.5, 0.6) is 0 Å². The van der Waals surface area contributed by atoms with Crippen molar-refractivity contribution in [1.29, 1.82) is 0 Å². The molecule has 10 heteroatoms. The molecule has 0 unspecified atom stereocenters. The van der Waals surface area contributed by atoms with Gasteiger partial charge in [0.1, 0.15) is 5.82 Å². The monoisotopic (exact) mass is 436 g/mol. The SMILES string of the molecule is O=C(NC1CCC(C(F)(F)F)CC1)C1CN(c2c3c(nc4ccnn24)CCNCC3)C1. The number of alkyl halides is 3. The van der Waals surface area contributed by atoms with Gasteiger partial charge in [-0.15, -0.1) is 0 Å². The van der Waals surface area contributed by atoms with E-state index in [0.717, 1.165) is 43.1 Å². The van der Waals surface area contributed by atoms with E-state index in [1.165, 1.54) is 5.56 Å². The van der Waals surface area contributed by atoms with Gasteiger partial charge in [0.25, 0.3) is 0 Å². The normalized spacial score (nSPS) is 25.1. The van der Waals surface area contributed by atoms with Crippen molar-refractivity contribution in [2.45, 2.75) is 50.7 Å². The third-order valence-corrected chi connectivity index (χ3v) is 6.87. The molecule has 3 aliphatic rings. The maximum Gasteiger partial charge on any atom is 0.391 e. The quantitative estimate of drug-likeness (QED) is 0.771. The first kappa shape index (κ1) is 20.5. The number of hydrogen-bond acceptors (Lipinski definition) is 5. The van der Waals surface area contributed by atoms with Crippen molar-refractivity contribution in [3.8, 4) is 0 Å². The van der Waals surface area contributed by atoms with E-state index < -0.39 is 12.1 Å². The summed E-state index contributed by atoms with van der Waals surface area (Å²) in [4.78, 5) is 19.6. The smallest absolute Gasteiger partial charge is 0.354 e. The number of anilines is 1. The molecular weight excluding hydrogens is 409 g/mol. The molecule has 1 amide bonds. The van der Waals surface area contributed by atoms with E-state index >= 15 is 0 Å². The molecule has 5 rings (SSSR count). The molecule has 2 aromatic rings. The van der Waals surface area contributed by atoms with E-state index in [9.17, 15) is 18.0 Å². The van der Waals surface area contributed by atoms with Crippen molar-refractivity contribution in [2.24, 2.45) is 11.8 Å². The second-order valence-electron chi connectivity index (χ2n) is 8.91. The number of carbonyl (C=O) groups is 1. The maximum absolute atomic E-state index is 12.9. The molecule has 2 aromatic heterocycles. The average Bonchev–Trinajstić information content (AvgIpc) is 3.03. The third-order valence-electron chi connectivity index (χ3n) is 6.87. The van der Waals surface area contributed by atoms with Crippen LogP contribution in [0.3, 0.4) is 0 Å². The predicted octanol–water partition coefficient (Wildman–Crippen LogP) is 2.09. The lowest BCUT2D eigenvalue weighted by molar-refractivity contribution is -0.182. The molecule has 7 nitrogen and oxygen atoms in total. The highest BCUT2D eigenvalue weighted by molar-refractivity contribution is 5.82. The van der Waals surface area contributed by atoms with Gasteiger partial charge in [0.2, 0.25) is 5.91 Å². The van der Waals surface area contributed by atoms with Crippen LogP contribution in [0.2, 0.25) is 0 Å². The molecule has 0 atom stereocenters. The molecule has 2 aliphatic heterocycles. The Morgan fingerprint density at radius 3 is 2.61 bits per heavy atom. The fourth-order valence-corrected chi connectivity index (χ4v) is 5.04. The van der Waals surface area contributed by atoms with Crippen LogP contribution in [0.1, 0.15) is 36.9 Å². The summed E-state index contributed by atoms with van der Waals surface area (Å²) in [6.45, 7) is 2.95. The first-order valence-corrected chi connectivity index (χ1v) is 11.1. The first-order chi connectivity index (χ1) is 14.9. The molecule has 4 heterocycles. The highest BCUT2D eigenvalue weighted by Crippen LogP contribution is 2.38. The van der Waals surface area contributed by atoms with Crippen LogP contribution in [0.25, 0.3) is 5.65 Å². The summed E-state index contributed by atoms with van der Waals surface area (Å²) in [5.74, 6) is -0.417. The molecule has 1 saturated heterocycles. The molecular formula is C21H27F3N6O. The van der Waals surface area contributed by atoms with Crippen LogP contribution < -0.4 is 15.5 Å². The van der Waals surface area contributed by atoms with Crippen LogP contribution in [0, 0.1) is 11.8 Å². The van der Waals surface area contributed by atoms with E-state index in [4.69, 9.17) is 4.98 Å². The maximum atomic E-state index is 12.9. The fourth-order valence-electron chi connectivity index (χ4n) is 5.04. The molecule has 0 radical (unpaired) electrons. The zero-order valence-corrected chi connectivity index (χ0v) is 17.3. The Morgan fingerprint density at radius 1 is 1.13 bits per heavy atom. The number of rotatable bonds is 3. The van der Waals surface area contributed by atoms with Crippen LogP contribution in [-0.4, -0.2) is 58.9 Å². The lowest BCUT2D eigenvalue weighted by Gasteiger charge is -2.41. The topological polar surface area (TPSA) is 74.6 Å². The Morgan fingerprint density at radius 2 is 1.87 bits per heavy atom. The summed E-state index contributed by atoms with van der Waals surface area (Å²) in [7, 11) is 0. The minimum atomic E-state index is -4.13. The van der Waals surface area contributed by atoms with Crippen LogP contribution in [-0.2, 0) is 17.6 Å². The van der Waals surface area contributed by atoms with E-state index in [0.29, 0.717) is 25.9 Å². The summed E-state index contributed by atoms with van der Waals surface area (Å²) in [6, 6.07) is 1.74. The number of hydrogen-bond donors (Lipinski definition) is 2. The van der Waals surface area contributed by atoms with Gasteiger partial charge in [-0.05, 0) is 38.6 Å². The number of nitrogens with one attached hydrogen (secondary N) is 2. The minimum Gasteiger partial charge on any atom is -0.354 e. The van der Waals surface area contributed by atoms with Gasteiger partial charge in [0.15, 0.2) is 5.65 Å². The molecule has 0 bridgehead atoms. The Kier molecular flexibility index (Phi) is 5.27. The Bertz CT molecular complexity index is 960. The number of carbonyl (C=O) groups excluding carboxylic acids is 1. The van der Waals surface area contributed by atoms with E-state index in [2.05, 4.69) is 20.6 Å². The first-order valence-electron chi connectivity index (χ1n) is 11.1. The van der Waals surface area contributed by atoms with Gasteiger partial charge in [-0.25, -0.2) is 4.98 Å². The summed E-state index contributed by atoms with van der Waals surface area (Å²) in [5.41, 5.74) is 3.08. The van der Waals surface area contributed by atoms with Gasteiger partial charge in [-0.3, -0.25) is 4.79 Å². The van der Waals surface area contributed by atoms with Gasteiger partial charge < -0.3 is 15.5 Å². The summed E-state index contributed by atoms with van der Waals surface area (Å²) in [6.07, 6.45) is 0.325. The van der Waals surface area contributed by atoms with Gasteiger partial charge in [0, 0.05) is 43.7 Å². The van der Waals surface area contributed by atoms with Crippen molar-refractivity contribution in [3.63, 3.8) is 0 Å². The van der Waals surface area contributed by atoms with Crippen molar-refractivity contribution in [3.05, 3.63) is 23.5 Å². The molecule has 2 fully saturated rings. The van der Waals surface area contributed by atoms with E-state index in [1.807, 2.05) is 10.6 Å². The Labute approximate surface area is 178 Å². The number of nitrogens with zero attached hydrogens (tertiary/aromatic N) is 4. The lowest BCUT2D eigenvalue weighted by Crippen LogP contribution is -2.56. The lowest BCUT2D eigenvalue weighted by atomic mass is 9.85. The van der Waals surface area contributed by atoms with Crippen molar-refractivity contribution in [1.82, 2.24) is 25.2 Å². The summed E-state index contributed by atoms with van der Waals surface area (Å²) in [5, 5.41) is 10.8. The highest BCUT2D eigenvalue weighted by atomic mass is 19.4. The Hall–Kier alpha value is -2.36. The molecule has 31 heavy (non-hydrogen) atoms. The Balaban J connectivity index is 1.23. The van der Waals surface area contributed by atoms with Crippen LogP contribution in [0.4, 0.5) is 19.0 Å². The van der Waals surface area contributed by atoms with Gasteiger partial charge in [-0.2, -0.15) is 22.8 Å². The minimum absolute atomic E-state index is 0.0507. The standard InChI is InChI=1S/C21H27F3N6O/c22-21(23,24)14-1-3-15(4-2-14)27-19(31)13-11-29(12-13)20-16-5-8-25-9-6-17(16)28-18-7-10-26-30(18)20/h7,10,13-15,25H,1-6,8-9,11-12H2,(H,27,31). The van der Waals surface area contributed by atoms with Gasteiger partial charge in [-0.1, -0.05) is 0 Å². The molecule has 1 saturated carbocycles. The van der Waals surface area contributed by atoms with E-state index in [1.54, 1.807) is 6.20 Å². The summed E-state index contributed by atoms with van der Waals surface area (Å²) < 4.78 is 40.4. The summed E-state index contributed by atoms with van der Waals surface area (Å²) >= 11 is 0. The number of fused-ring (bicyclic) bond motifs is 2. The zero-order chi connectivity index (χ0) is 21.6. The number of aromatic nitrogens is 3. The number of halogens is 3. The zero-order valence-electron chi connectivity index (χ0n) is 17.3. The molecule has 2 N–H and O–H groups in total. The van der Waals surface area contributed by atoms with Crippen molar-refractivity contribution < 1.29 is 18.0 Å². The second kappa shape index (κ2) is 7.96.